The highest BCUT2D eigenvalue weighted by atomic mass is 28.4. The van der Waals surface area contributed by atoms with E-state index in [9.17, 15) is 9.90 Å². The lowest BCUT2D eigenvalue weighted by Crippen LogP contribution is -2.49. The van der Waals surface area contributed by atoms with Gasteiger partial charge in [0, 0.05) is 0 Å². The number of aliphatic hydroxyl groups excluding tert-OH is 1. The summed E-state index contributed by atoms with van der Waals surface area (Å²) in [4.78, 5) is 11.1. The Hall–Kier alpha value is -0.433. The fourth-order valence-corrected chi connectivity index (χ4v) is 8.79. The Bertz CT molecular complexity index is 309. The van der Waals surface area contributed by atoms with Crippen molar-refractivity contribution >= 4 is 14.3 Å². The molecular weight excluding hydrogens is 300 g/mol. The van der Waals surface area contributed by atoms with E-state index in [1.807, 2.05) is 6.92 Å². The van der Waals surface area contributed by atoms with E-state index < -0.39 is 20.4 Å². The average Bonchev–Trinajstić information content (AvgIpc) is 2.43. The van der Waals surface area contributed by atoms with Gasteiger partial charge in [0.05, 0.1) is 26.4 Å². The standard InChI is InChI=1S/C16H34O5Si/c1-11(2)22(12(3)4,13(5)6)21-9-14(7)20-10-15(17)16(18)19-8/h11-15,17H,9-10H2,1-8H3/t14-,15-/m0/s1. The summed E-state index contributed by atoms with van der Waals surface area (Å²) in [6.45, 7) is 15.7. The second-order valence-corrected chi connectivity index (χ2v) is 12.3. The van der Waals surface area contributed by atoms with Crippen LogP contribution < -0.4 is 0 Å². The molecule has 0 spiro atoms. The van der Waals surface area contributed by atoms with Crippen molar-refractivity contribution < 1.29 is 23.8 Å². The minimum absolute atomic E-state index is 0.0726. The highest BCUT2D eigenvalue weighted by Crippen LogP contribution is 2.42. The molecule has 0 bridgehead atoms. The maximum Gasteiger partial charge on any atom is 0.337 e. The van der Waals surface area contributed by atoms with Crippen molar-refractivity contribution in [2.75, 3.05) is 20.3 Å². The molecule has 0 fully saturated rings. The van der Waals surface area contributed by atoms with Gasteiger partial charge in [-0.25, -0.2) is 4.79 Å². The molecule has 5 nitrogen and oxygen atoms in total. The smallest absolute Gasteiger partial charge is 0.337 e. The summed E-state index contributed by atoms with van der Waals surface area (Å²) in [7, 11) is -0.667. The number of hydrogen-bond acceptors (Lipinski definition) is 5. The zero-order valence-electron chi connectivity index (χ0n) is 15.4. The lowest BCUT2D eigenvalue weighted by atomic mass is 10.4. The SMILES string of the molecule is COC(=O)[C@@H](O)CO[C@@H](C)CO[Si](C(C)C)(C(C)C)C(C)C. The second kappa shape index (κ2) is 9.65. The molecule has 22 heavy (non-hydrogen) atoms. The predicted octanol–water partition coefficient (Wildman–Crippen LogP) is 3.12. The van der Waals surface area contributed by atoms with Gasteiger partial charge in [-0.15, -0.1) is 0 Å². The second-order valence-electron chi connectivity index (χ2n) is 6.81. The number of ether oxygens (including phenoxy) is 2. The summed E-state index contributed by atoms with van der Waals surface area (Å²) in [5.74, 6) is -0.677. The Balaban J connectivity index is 4.58. The van der Waals surface area contributed by atoms with Crippen LogP contribution in [0.2, 0.25) is 16.6 Å². The highest BCUT2D eigenvalue weighted by molar-refractivity contribution is 6.77. The Morgan fingerprint density at radius 2 is 1.41 bits per heavy atom. The molecule has 0 amide bonds. The molecule has 0 aliphatic heterocycles. The molecule has 0 rings (SSSR count). The summed E-state index contributed by atoms with van der Waals surface area (Å²) in [6, 6.07) is 0. The third-order valence-corrected chi connectivity index (χ3v) is 10.4. The molecule has 0 aliphatic rings. The van der Waals surface area contributed by atoms with Gasteiger partial charge in [-0.2, -0.15) is 0 Å². The fraction of sp³-hybridized carbons (Fsp3) is 0.938. The van der Waals surface area contributed by atoms with Gasteiger partial charge in [0.15, 0.2) is 14.4 Å². The molecule has 0 unspecified atom stereocenters. The topological polar surface area (TPSA) is 65.0 Å². The summed E-state index contributed by atoms with van der Waals surface area (Å²) >= 11 is 0. The van der Waals surface area contributed by atoms with E-state index in [-0.39, 0.29) is 12.7 Å². The van der Waals surface area contributed by atoms with Crippen molar-refractivity contribution in [3.8, 4) is 0 Å². The van der Waals surface area contributed by atoms with E-state index in [1.54, 1.807) is 0 Å². The van der Waals surface area contributed by atoms with E-state index in [0.717, 1.165) is 0 Å². The van der Waals surface area contributed by atoms with Crippen LogP contribution in [0.3, 0.4) is 0 Å². The van der Waals surface area contributed by atoms with Crippen molar-refractivity contribution in [1.29, 1.82) is 0 Å². The van der Waals surface area contributed by atoms with Crippen molar-refractivity contribution in [3.05, 3.63) is 0 Å². The molecule has 0 aromatic carbocycles. The molecule has 0 aliphatic carbocycles. The van der Waals surface area contributed by atoms with Gasteiger partial charge in [-0.3, -0.25) is 0 Å². The van der Waals surface area contributed by atoms with Crippen LogP contribution in [0.4, 0.5) is 0 Å². The van der Waals surface area contributed by atoms with Crippen LogP contribution in [0.1, 0.15) is 48.5 Å². The zero-order chi connectivity index (χ0) is 17.5. The maximum absolute atomic E-state index is 11.1. The highest BCUT2D eigenvalue weighted by Gasteiger charge is 2.45. The molecule has 1 N–H and O–H groups in total. The van der Waals surface area contributed by atoms with Crippen LogP contribution in [-0.4, -0.2) is 51.9 Å². The normalized spacial score (nSPS) is 15.5. The third-order valence-electron chi connectivity index (χ3n) is 4.29. The molecule has 0 radical (unpaired) electrons. The van der Waals surface area contributed by atoms with Gasteiger partial charge < -0.3 is 19.0 Å². The molecule has 0 aromatic rings. The minimum Gasteiger partial charge on any atom is -0.467 e. The van der Waals surface area contributed by atoms with E-state index in [1.165, 1.54) is 7.11 Å². The van der Waals surface area contributed by atoms with Gasteiger partial charge in [-0.1, -0.05) is 41.5 Å². The summed E-state index contributed by atoms with van der Waals surface area (Å²) < 4.78 is 16.4. The van der Waals surface area contributed by atoms with E-state index in [2.05, 4.69) is 46.3 Å². The molecule has 2 atom stereocenters. The van der Waals surface area contributed by atoms with Crippen LogP contribution in [-0.2, 0) is 18.7 Å². The van der Waals surface area contributed by atoms with Crippen LogP contribution in [0, 0.1) is 0 Å². The molecular formula is C16H34O5Si. The lowest BCUT2D eigenvalue weighted by Gasteiger charge is -2.42. The number of aliphatic hydroxyl groups is 1. The zero-order valence-corrected chi connectivity index (χ0v) is 16.4. The first kappa shape index (κ1) is 21.6. The van der Waals surface area contributed by atoms with Gasteiger partial charge in [-0.05, 0) is 23.5 Å². The molecule has 0 saturated carbocycles. The van der Waals surface area contributed by atoms with Crippen LogP contribution in [0.15, 0.2) is 0 Å². The van der Waals surface area contributed by atoms with E-state index >= 15 is 0 Å². The van der Waals surface area contributed by atoms with Crippen molar-refractivity contribution in [3.63, 3.8) is 0 Å². The number of carbonyl (C=O) groups excluding carboxylic acids is 1. The Morgan fingerprint density at radius 1 is 0.955 bits per heavy atom. The van der Waals surface area contributed by atoms with Crippen LogP contribution >= 0.6 is 0 Å². The van der Waals surface area contributed by atoms with Gasteiger partial charge in [0.1, 0.15) is 0 Å². The number of methoxy groups -OCH3 is 1. The monoisotopic (exact) mass is 334 g/mol. The van der Waals surface area contributed by atoms with Crippen molar-refractivity contribution in [2.24, 2.45) is 0 Å². The number of hydrogen-bond donors (Lipinski definition) is 1. The number of esters is 1. The maximum atomic E-state index is 11.1. The predicted molar refractivity (Wildman–Crippen MR) is 90.4 cm³/mol. The Morgan fingerprint density at radius 3 is 1.77 bits per heavy atom. The summed E-state index contributed by atoms with van der Waals surface area (Å²) in [6.07, 6.45) is -1.42. The van der Waals surface area contributed by atoms with E-state index in [4.69, 9.17) is 9.16 Å². The van der Waals surface area contributed by atoms with Gasteiger partial charge in [0.25, 0.3) is 0 Å². The van der Waals surface area contributed by atoms with Crippen molar-refractivity contribution in [2.45, 2.75) is 77.3 Å². The van der Waals surface area contributed by atoms with E-state index in [0.29, 0.717) is 23.2 Å². The summed E-state index contributed by atoms with van der Waals surface area (Å²) in [5, 5.41) is 9.53. The van der Waals surface area contributed by atoms with Crippen LogP contribution in [0.25, 0.3) is 0 Å². The van der Waals surface area contributed by atoms with Gasteiger partial charge in [0.2, 0.25) is 0 Å². The first-order valence-corrected chi connectivity index (χ1v) is 10.2. The third kappa shape index (κ3) is 5.65. The first-order chi connectivity index (χ1) is 10.1. The largest absolute Gasteiger partial charge is 0.467 e. The minimum atomic E-state index is -1.91. The van der Waals surface area contributed by atoms with Gasteiger partial charge >= 0.3 is 5.97 Å². The average molecular weight is 335 g/mol. The molecule has 6 heteroatoms. The molecule has 0 saturated heterocycles. The Kier molecular flexibility index (Phi) is 9.46. The fourth-order valence-electron chi connectivity index (χ4n) is 3.27. The summed E-state index contributed by atoms with van der Waals surface area (Å²) in [5.41, 5.74) is 1.54. The molecule has 0 aromatic heterocycles. The molecule has 0 heterocycles. The van der Waals surface area contributed by atoms with Crippen molar-refractivity contribution in [1.82, 2.24) is 0 Å². The first-order valence-electron chi connectivity index (χ1n) is 8.10. The number of rotatable bonds is 10. The quantitative estimate of drug-likeness (QED) is 0.491. The lowest BCUT2D eigenvalue weighted by molar-refractivity contribution is -0.155. The Labute approximate surface area is 136 Å². The van der Waals surface area contributed by atoms with Crippen LogP contribution in [0.5, 0.6) is 0 Å². The number of carbonyl (C=O) groups is 1. The molecule has 132 valence electrons.